The van der Waals surface area contributed by atoms with Crippen LogP contribution in [0.2, 0.25) is 0 Å². The van der Waals surface area contributed by atoms with Gasteiger partial charge < -0.3 is 9.84 Å². The summed E-state index contributed by atoms with van der Waals surface area (Å²) in [5.41, 5.74) is -0.919. The molecule has 0 aromatic carbocycles. The molecule has 0 aromatic rings. The fourth-order valence-electron chi connectivity index (χ4n) is 2.53. The summed E-state index contributed by atoms with van der Waals surface area (Å²) in [7, 11) is -2.16. The zero-order valence-electron chi connectivity index (χ0n) is 11.2. The van der Waals surface area contributed by atoms with Crippen LogP contribution in [-0.4, -0.2) is 67.0 Å². The quantitative estimate of drug-likeness (QED) is 0.687. The molecule has 19 heavy (non-hydrogen) atoms. The van der Waals surface area contributed by atoms with Crippen molar-refractivity contribution in [3.63, 3.8) is 0 Å². The van der Waals surface area contributed by atoms with Gasteiger partial charge in [0.2, 0.25) is 0 Å². The summed E-state index contributed by atoms with van der Waals surface area (Å²) in [5.74, 6) is -0.486. The first-order chi connectivity index (χ1) is 8.76. The molecule has 0 saturated carbocycles. The molecule has 1 N–H and O–H groups in total. The van der Waals surface area contributed by atoms with E-state index in [1.54, 1.807) is 6.92 Å². The zero-order chi connectivity index (χ0) is 14.3. The number of hydrogen-bond donors (Lipinski definition) is 1. The third-order valence-corrected chi connectivity index (χ3v) is 5.60. The zero-order valence-corrected chi connectivity index (χ0v) is 12.0. The van der Waals surface area contributed by atoms with E-state index in [0.29, 0.717) is 25.9 Å². The van der Waals surface area contributed by atoms with E-state index in [4.69, 9.17) is 0 Å². The first kappa shape index (κ1) is 14.7. The summed E-state index contributed by atoms with van der Waals surface area (Å²) < 4.78 is 31.8. The minimum atomic E-state index is -3.50. The lowest BCUT2D eigenvalue weighted by Gasteiger charge is -2.45. The van der Waals surface area contributed by atoms with Crippen LogP contribution in [0.15, 0.2) is 0 Å². The van der Waals surface area contributed by atoms with Crippen molar-refractivity contribution in [2.75, 3.05) is 33.3 Å². The van der Waals surface area contributed by atoms with Gasteiger partial charge in [0, 0.05) is 26.2 Å². The molecule has 2 saturated heterocycles. The topological polar surface area (TPSA) is 87.2 Å². The summed E-state index contributed by atoms with van der Waals surface area (Å²) in [6.07, 6.45) is 0.965. The predicted molar refractivity (Wildman–Crippen MR) is 67.4 cm³/mol. The molecule has 0 radical (unpaired) electrons. The third-order valence-electron chi connectivity index (χ3n) is 3.67. The van der Waals surface area contributed by atoms with Crippen molar-refractivity contribution < 1.29 is 23.1 Å². The highest BCUT2D eigenvalue weighted by atomic mass is 32.2. The highest BCUT2D eigenvalue weighted by Crippen LogP contribution is 2.28. The Bertz CT molecular complexity index is 446. The van der Waals surface area contributed by atoms with Gasteiger partial charge in [-0.25, -0.2) is 0 Å². The van der Waals surface area contributed by atoms with E-state index in [-0.39, 0.29) is 25.0 Å². The lowest BCUT2D eigenvalue weighted by Crippen LogP contribution is -2.64. The van der Waals surface area contributed by atoms with Crippen molar-refractivity contribution in [3.8, 4) is 0 Å². The van der Waals surface area contributed by atoms with Gasteiger partial charge in [-0.2, -0.15) is 17.0 Å². The number of nitrogens with zero attached hydrogens (tertiary/aromatic N) is 2. The number of carbonyl (C=O) groups excluding carboxylic acids is 1. The number of esters is 1. The van der Waals surface area contributed by atoms with Gasteiger partial charge in [-0.05, 0) is 19.8 Å². The molecular weight excluding hydrogens is 272 g/mol. The second kappa shape index (κ2) is 5.01. The summed E-state index contributed by atoms with van der Waals surface area (Å²) in [4.78, 5) is 11.4. The number of aliphatic hydroxyl groups is 1. The van der Waals surface area contributed by atoms with E-state index in [2.05, 4.69) is 4.74 Å². The van der Waals surface area contributed by atoms with Crippen LogP contribution in [0.1, 0.15) is 19.8 Å². The number of rotatable bonds is 3. The Morgan fingerprint density at radius 3 is 2.21 bits per heavy atom. The summed E-state index contributed by atoms with van der Waals surface area (Å²) in [6.45, 7) is 2.52. The second-order valence-electron chi connectivity index (χ2n) is 5.47. The van der Waals surface area contributed by atoms with E-state index in [9.17, 15) is 18.3 Å². The SMILES string of the molecule is COC(=O)C1CCN(S(=O)(=O)N2CC(C)(O)C2)CC1. The molecular formula is C11H20N2O5S. The standard InChI is InChI=1S/C11H20N2O5S/c1-11(15)7-13(8-11)19(16,17)12-5-3-9(4-6-12)10(14)18-2/h9,15H,3-8H2,1-2H3. The van der Waals surface area contributed by atoms with Crippen molar-refractivity contribution in [2.45, 2.75) is 25.4 Å². The first-order valence-electron chi connectivity index (χ1n) is 6.32. The monoisotopic (exact) mass is 292 g/mol. The van der Waals surface area contributed by atoms with Gasteiger partial charge in [-0.15, -0.1) is 0 Å². The van der Waals surface area contributed by atoms with Crippen molar-refractivity contribution in [1.82, 2.24) is 8.61 Å². The van der Waals surface area contributed by atoms with Crippen molar-refractivity contribution in [3.05, 3.63) is 0 Å². The van der Waals surface area contributed by atoms with Crippen molar-refractivity contribution in [1.29, 1.82) is 0 Å². The van der Waals surface area contributed by atoms with Gasteiger partial charge in [-0.3, -0.25) is 4.79 Å². The molecule has 2 aliphatic heterocycles. The van der Waals surface area contributed by atoms with Crippen LogP contribution in [0.3, 0.4) is 0 Å². The van der Waals surface area contributed by atoms with Gasteiger partial charge in [0.05, 0.1) is 18.6 Å². The van der Waals surface area contributed by atoms with Gasteiger partial charge in [0.25, 0.3) is 10.2 Å². The van der Waals surface area contributed by atoms with E-state index in [1.165, 1.54) is 15.7 Å². The molecule has 0 spiro atoms. The fourth-order valence-corrected chi connectivity index (χ4v) is 4.41. The largest absolute Gasteiger partial charge is 0.469 e. The van der Waals surface area contributed by atoms with Crippen LogP contribution in [-0.2, 0) is 19.7 Å². The van der Waals surface area contributed by atoms with Crippen molar-refractivity contribution >= 4 is 16.2 Å². The fraction of sp³-hybridized carbons (Fsp3) is 0.909. The van der Waals surface area contributed by atoms with Crippen LogP contribution >= 0.6 is 0 Å². The van der Waals surface area contributed by atoms with Gasteiger partial charge in [0.15, 0.2) is 0 Å². The molecule has 0 unspecified atom stereocenters. The number of β-amino-alcohol motifs (C(OH)–C–C–N with tert-alkyl or cyclic N) is 1. The smallest absolute Gasteiger partial charge is 0.308 e. The second-order valence-corrected chi connectivity index (χ2v) is 7.40. The molecule has 2 rings (SSSR count). The van der Waals surface area contributed by atoms with Gasteiger partial charge in [0.1, 0.15) is 0 Å². The Hall–Kier alpha value is -0.700. The molecule has 0 aliphatic carbocycles. The van der Waals surface area contributed by atoms with E-state index in [0.717, 1.165) is 0 Å². The van der Waals surface area contributed by atoms with Crippen LogP contribution in [0.25, 0.3) is 0 Å². The van der Waals surface area contributed by atoms with E-state index < -0.39 is 15.8 Å². The number of hydrogen-bond acceptors (Lipinski definition) is 5. The number of piperidine rings is 1. The highest BCUT2D eigenvalue weighted by molar-refractivity contribution is 7.86. The first-order valence-corrected chi connectivity index (χ1v) is 7.71. The number of ether oxygens (including phenoxy) is 1. The number of methoxy groups -OCH3 is 1. The Balaban J connectivity index is 1.92. The van der Waals surface area contributed by atoms with Gasteiger partial charge in [-0.1, -0.05) is 0 Å². The molecule has 0 aromatic heterocycles. The molecule has 2 fully saturated rings. The third kappa shape index (κ3) is 2.91. The molecule has 0 atom stereocenters. The molecule has 0 bridgehead atoms. The molecule has 2 heterocycles. The van der Waals surface area contributed by atoms with Gasteiger partial charge >= 0.3 is 5.97 Å². The minimum absolute atomic E-state index is 0.131. The average Bonchev–Trinajstić information content (AvgIpc) is 2.35. The summed E-state index contributed by atoms with van der Waals surface area (Å²) in [5, 5.41) is 9.61. The lowest BCUT2D eigenvalue weighted by atomic mass is 9.99. The average molecular weight is 292 g/mol. The predicted octanol–water partition coefficient (Wildman–Crippen LogP) is -0.817. The Morgan fingerprint density at radius 2 is 1.79 bits per heavy atom. The molecule has 110 valence electrons. The van der Waals surface area contributed by atoms with Crippen molar-refractivity contribution in [2.24, 2.45) is 5.92 Å². The van der Waals surface area contributed by atoms with E-state index >= 15 is 0 Å². The Morgan fingerprint density at radius 1 is 1.26 bits per heavy atom. The van der Waals surface area contributed by atoms with Crippen LogP contribution < -0.4 is 0 Å². The Kier molecular flexibility index (Phi) is 3.87. The molecule has 8 heteroatoms. The molecule has 0 amide bonds. The Labute approximate surface area is 113 Å². The van der Waals surface area contributed by atoms with E-state index in [1.807, 2.05) is 0 Å². The highest BCUT2D eigenvalue weighted by Gasteiger charge is 2.46. The van der Waals surface area contributed by atoms with Crippen LogP contribution in [0, 0.1) is 5.92 Å². The maximum Gasteiger partial charge on any atom is 0.308 e. The van der Waals surface area contributed by atoms with Crippen LogP contribution in [0.5, 0.6) is 0 Å². The maximum atomic E-state index is 12.2. The summed E-state index contributed by atoms with van der Waals surface area (Å²) in [6, 6.07) is 0. The molecule has 2 aliphatic rings. The number of carbonyl (C=O) groups is 1. The van der Waals surface area contributed by atoms with Crippen LogP contribution in [0.4, 0.5) is 0 Å². The normalized spacial score (nSPS) is 25.8. The summed E-state index contributed by atoms with van der Waals surface area (Å²) >= 11 is 0. The maximum absolute atomic E-state index is 12.2. The lowest BCUT2D eigenvalue weighted by molar-refractivity contribution is -0.146. The molecule has 7 nitrogen and oxygen atoms in total. The minimum Gasteiger partial charge on any atom is -0.469 e.